The quantitative estimate of drug-likeness (QED) is 0.821. The summed E-state index contributed by atoms with van der Waals surface area (Å²) >= 11 is 0. The van der Waals surface area contributed by atoms with Gasteiger partial charge in [-0.05, 0) is 33.1 Å². The summed E-state index contributed by atoms with van der Waals surface area (Å²) in [6, 6.07) is 6.96. The summed E-state index contributed by atoms with van der Waals surface area (Å²) in [5.41, 5.74) is 2.61. The van der Waals surface area contributed by atoms with Crippen molar-refractivity contribution in [3.05, 3.63) is 29.3 Å². The molecule has 1 spiro atoms. The Balaban J connectivity index is 2.06. The summed E-state index contributed by atoms with van der Waals surface area (Å²) in [5, 5.41) is 3.45. The number of rotatable bonds is 1. The minimum absolute atomic E-state index is 0.00799. The molecule has 98 valence electrons. The van der Waals surface area contributed by atoms with Crippen molar-refractivity contribution >= 4 is 0 Å². The van der Waals surface area contributed by atoms with Gasteiger partial charge in [-0.2, -0.15) is 0 Å². The van der Waals surface area contributed by atoms with Crippen LogP contribution in [0.25, 0.3) is 0 Å². The highest BCUT2D eigenvalue weighted by molar-refractivity contribution is 5.45. The van der Waals surface area contributed by atoms with Gasteiger partial charge in [-0.3, -0.25) is 0 Å². The predicted octanol–water partition coefficient (Wildman–Crippen LogP) is 2.11. The molecule has 3 rings (SSSR count). The lowest BCUT2D eigenvalue weighted by Crippen LogP contribution is -2.45. The summed E-state index contributed by atoms with van der Waals surface area (Å²) in [5.74, 6) is 1.12. The van der Waals surface area contributed by atoms with E-state index >= 15 is 0 Å². The Hall–Kier alpha value is -1.06. The molecule has 0 saturated carbocycles. The summed E-state index contributed by atoms with van der Waals surface area (Å²) in [6.07, 6.45) is 2.20. The number of hydrogen-bond acceptors (Lipinski definition) is 3. The molecule has 3 nitrogen and oxygen atoms in total. The van der Waals surface area contributed by atoms with Gasteiger partial charge in [-0.15, -0.1) is 0 Å². The minimum atomic E-state index is 0.00799. The van der Waals surface area contributed by atoms with Crippen molar-refractivity contribution in [1.29, 1.82) is 0 Å². The summed E-state index contributed by atoms with van der Waals surface area (Å²) in [6.45, 7) is 4.19. The van der Waals surface area contributed by atoms with Crippen molar-refractivity contribution in [3.8, 4) is 5.75 Å². The van der Waals surface area contributed by atoms with E-state index < -0.39 is 0 Å². The number of ether oxygens (including phenoxy) is 1. The fraction of sp³-hybridized carbons (Fsp3) is 0.600. The van der Waals surface area contributed by atoms with Gasteiger partial charge in [0, 0.05) is 31.0 Å². The summed E-state index contributed by atoms with van der Waals surface area (Å²) in [7, 11) is 4.33. The Bertz CT molecular complexity index is 450. The molecule has 0 radical (unpaired) electrons. The first-order valence-electron chi connectivity index (χ1n) is 6.77. The maximum absolute atomic E-state index is 6.40. The van der Waals surface area contributed by atoms with Gasteiger partial charge in [0.1, 0.15) is 11.4 Å². The molecule has 1 N–H and O–H groups in total. The highest BCUT2D eigenvalue weighted by atomic mass is 16.5. The minimum Gasteiger partial charge on any atom is -0.485 e. The van der Waals surface area contributed by atoms with Crippen LogP contribution in [0.15, 0.2) is 18.2 Å². The highest BCUT2D eigenvalue weighted by Crippen LogP contribution is 2.45. The normalized spacial score (nSPS) is 30.6. The third-order valence-corrected chi connectivity index (χ3v) is 4.31. The van der Waals surface area contributed by atoms with Crippen molar-refractivity contribution < 1.29 is 4.74 Å². The second-order valence-corrected chi connectivity index (χ2v) is 5.89. The average molecular weight is 246 g/mol. The number of nitrogens with one attached hydrogen (secondary N) is 1. The third kappa shape index (κ3) is 1.82. The molecule has 0 aromatic heterocycles. The Labute approximate surface area is 109 Å². The van der Waals surface area contributed by atoms with Crippen LogP contribution in [0.1, 0.15) is 30.0 Å². The van der Waals surface area contributed by atoms with Gasteiger partial charge in [0.15, 0.2) is 0 Å². The van der Waals surface area contributed by atoms with E-state index in [1.54, 1.807) is 0 Å². The van der Waals surface area contributed by atoms with E-state index in [1.165, 1.54) is 11.1 Å². The largest absolute Gasteiger partial charge is 0.485 e. The van der Waals surface area contributed by atoms with Crippen molar-refractivity contribution in [2.45, 2.75) is 31.4 Å². The smallest absolute Gasteiger partial charge is 0.127 e. The summed E-state index contributed by atoms with van der Waals surface area (Å²) in [4.78, 5) is 2.32. The van der Waals surface area contributed by atoms with E-state index in [0.29, 0.717) is 6.04 Å². The van der Waals surface area contributed by atoms with Gasteiger partial charge in [0.05, 0.1) is 0 Å². The van der Waals surface area contributed by atoms with Crippen LogP contribution in [0, 0.1) is 6.92 Å². The Morgan fingerprint density at radius 3 is 2.89 bits per heavy atom. The number of aryl methyl sites for hydroxylation is 1. The highest BCUT2D eigenvalue weighted by Gasteiger charge is 2.44. The van der Waals surface area contributed by atoms with Crippen molar-refractivity contribution in [3.63, 3.8) is 0 Å². The second-order valence-electron chi connectivity index (χ2n) is 5.89. The molecule has 1 fully saturated rings. The molecular weight excluding hydrogens is 224 g/mol. The molecule has 0 amide bonds. The van der Waals surface area contributed by atoms with E-state index in [1.807, 2.05) is 0 Å². The molecule has 0 bridgehead atoms. The van der Waals surface area contributed by atoms with E-state index in [9.17, 15) is 0 Å². The molecule has 1 aromatic rings. The lowest BCUT2D eigenvalue weighted by Gasteiger charge is -2.42. The van der Waals surface area contributed by atoms with Gasteiger partial charge >= 0.3 is 0 Å². The lowest BCUT2D eigenvalue weighted by atomic mass is 9.85. The zero-order chi connectivity index (χ0) is 12.8. The molecule has 0 aliphatic carbocycles. The van der Waals surface area contributed by atoms with Crippen molar-refractivity contribution in [1.82, 2.24) is 10.2 Å². The summed E-state index contributed by atoms with van der Waals surface area (Å²) < 4.78 is 6.40. The van der Waals surface area contributed by atoms with E-state index in [4.69, 9.17) is 4.74 Å². The van der Waals surface area contributed by atoms with E-state index in [2.05, 4.69) is 49.4 Å². The Morgan fingerprint density at radius 1 is 1.39 bits per heavy atom. The zero-order valence-electron chi connectivity index (χ0n) is 11.5. The topological polar surface area (TPSA) is 24.5 Å². The van der Waals surface area contributed by atoms with Crippen molar-refractivity contribution in [2.75, 3.05) is 27.2 Å². The molecule has 2 unspecified atom stereocenters. The van der Waals surface area contributed by atoms with E-state index in [-0.39, 0.29) is 5.60 Å². The molecule has 2 heterocycles. The number of nitrogens with zero attached hydrogens (tertiary/aromatic N) is 1. The van der Waals surface area contributed by atoms with Crippen LogP contribution in [0.5, 0.6) is 5.75 Å². The predicted molar refractivity (Wildman–Crippen MR) is 73.1 cm³/mol. The first-order chi connectivity index (χ1) is 8.61. The van der Waals surface area contributed by atoms with Gasteiger partial charge in [-0.1, -0.05) is 18.2 Å². The molecule has 2 aliphatic rings. The van der Waals surface area contributed by atoms with Crippen LogP contribution < -0.4 is 10.1 Å². The van der Waals surface area contributed by atoms with Gasteiger partial charge in [0.25, 0.3) is 0 Å². The standard InChI is InChI=1S/C15H22N2O/c1-11-5-4-6-12-13(17(2)3)9-15(18-14(11)12)7-8-16-10-15/h4-6,13,16H,7-10H2,1-3H3. The van der Waals surface area contributed by atoms with Crippen LogP contribution in [0.3, 0.4) is 0 Å². The van der Waals surface area contributed by atoms with Gasteiger partial charge < -0.3 is 15.0 Å². The molecule has 1 saturated heterocycles. The van der Waals surface area contributed by atoms with Crippen LogP contribution >= 0.6 is 0 Å². The molecule has 2 aliphatic heterocycles. The fourth-order valence-corrected chi connectivity index (χ4v) is 3.24. The lowest BCUT2D eigenvalue weighted by molar-refractivity contribution is 0.0282. The molecule has 18 heavy (non-hydrogen) atoms. The van der Waals surface area contributed by atoms with Crippen LogP contribution in [0.2, 0.25) is 0 Å². The van der Waals surface area contributed by atoms with Gasteiger partial charge in [-0.25, -0.2) is 0 Å². The fourth-order valence-electron chi connectivity index (χ4n) is 3.24. The number of fused-ring (bicyclic) bond motifs is 1. The molecule has 3 heteroatoms. The SMILES string of the molecule is Cc1cccc2c1OC1(CCNC1)CC2N(C)C. The molecular formula is C15H22N2O. The van der Waals surface area contributed by atoms with Crippen LogP contribution in [0.4, 0.5) is 0 Å². The number of benzene rings is 1. The maximum Gasteiger partial charge on any atom is 0.127 e. The van der Waals surface area contributed by atoms with Crippen LogP contribution in [-0.2, 0) is 0 Å². The maximum atomic E-state index is 6.40. The average Bonchev–Trinajstić information content (AvgIpc) is 2.78. The van der Waals surface area contributed by atoms with E-state index in [0.717, 1.165) is 31.7 Å². The third-order valence-electron chi connectivity index (χ3n) is 4.31. The first-order valence-corrected chi connectivity index (χ1v) is 6.77. The molecule has 2 atom stereocenters. The number of para-hydroxylation sites is 1. The monoisotopic (exact) mass is 246 g/mol. The Morgan fingerprint density at radius 2 is 2.22 bits per heavy atom. The number of hydrogen-bond donors (Lipinski definition) is 1. The van der Waals surface area contributed by atoms with Gasteiger partial charge in [0.2, 0.25) is 0 Å². The Kier molecular flexibility index (Phi) is 2.83. The first kappa shape index (κ1) is 12.0. The molecule has 1 aromatic carbocycles. The second kappa shape index (κ2) is 4.25. The zero-order valence-corrected chi connectivity index (χ0v) is 11.5. The van der Waals surface area contributed by atoms with Crippen LogP contribution in [-0.4, -0.2) is 37.7 Å². The van der Waals surface area contributed by atoms with Crippen molar-refractivity contribution in [2.24, 2.45) is 0 Å².